The Morgan fingerprint density at radius 3 is 2.79 bits per heavy atom. The van der Waals surface area contributed by atoms with Crippen molar-refractivity contribution < 1.29 is 0 Å². The molecule has 0 radical (unpaired) electrons. The molecule has 0 saturated carbocycles. The Morgan fingerprint density at radius 2 is 2.16 bits per heavy atom. The first-order valence-corrected chi connectivity index (χ1v) is 7.61. The van der Waals surface area contributed by atoms with E-state index in [-0.39, 0.29) is 5.56 Å². The first-order valence-electron chi connectivity index (χ1n) is 7.08. The number of hydrogen-bond donors (Lipinski definition) is 1. The van der Waals surface area contributed by atoms with E-state index in [0.29, 0.717) is 17.6 Å². The fourth-order valence-corrected chi connectivity index (χ4v) is 2.45. The summed E-state index contributed by atoms with van der Waals surface area (Å²) in [4.78, 5) is 16.2. The largest absolute Gasteiger partial charge is 0.365 e. The van der Waals surface area contributed by atoms with Crippen molar-refractivity contribution in [3.05, 3.63) is 22.7 Å². The highest BCUT2D eigenvalue weighted by molar-refractivity contribution is 6.17. The lowest BCUT2D eigenvalue weighted by atomic mass is 10.0. The van der Waals surface area contributed by atoms with Crippen LogP contribution in [-0.4, -0.2) is 22.0 Å². The minimum absolute atomic E-state index is 0.0366. The maximum Gasteiger partial charge on any atom is 0.293 e. The number of alkyl halides is 1. The van der Waals surface area contributed by atoms with Gasteiger partial charge in [0.2, 0.25) is 0 Å². The molecule has 0 bridgehead atoms. The van der Waals surface area contributed by atoms with E-state index in [9.17, 15) is 4.79 Å². The van der Waals surface area contributed by atoms with Crippen molar-refractivity contribution in [2.45, 2.75) is 46.1 Å². The second kappa shape index (κ2) is 8.97. The van der Waals surface area contributed by atoms with E-state index in [4.69, 9.17) is 11.6 Å². The predicted octanol–water partition coefficient (Wildman–Crippen LogP) is 3.11. The molecule has 1 N–H and O–H groups in total. The lowest BCUT2D eigenvalue weighted by Crippen LogP contribution is -2.26. The van der Waals surface area contributed by atoms with Crippen LogP contribution >= 0.6 is 11.6 Å². The monoisotopic (exact) mass is 285 g/mol. The van der Waals surface area contributed by atoms with Gasteiger partial charge >= 0.3 is 0 Å². The third-order valence-corrected chi connectivity index (χ3v) is 3.37. The molecule has 0 spiro atoms. The minimum atomic E-state index is -0.0366. The number of aromatic nitrogens is 2. The second-order valence-electron chi connectivity index (χ2n) is 4.79. The number of halogens is 1. The van der Waals surface area contributed by atoms with Gasteiger partial charge in [0.1, 0.15) is 0 Å². The molecule has 0 fully saturated rings. The molecular weight excluding hydrogens is 262 g/mol. The summed E-state index contributed by atoms with van der Waals surface area (Å²) >= 11 is 5.80. The lowest BCUT2D eigenvalue weighted by molar-refractivity contribution is 0.489. The van der Waals surface area contributed by atoms with Crippen molar-refractivity contribution >= 4 is 17.4 Å². The molecule has 0 aromatic carbocycles. The summed E-state index contributed by atoms with van der Waals surface area (Å²) < 4.78 is 1.70. The van der Waals surface area contributed by atoms with Gasteiger partial charge < -0.3 is 9.88 Å². The summed E-state index contributed by atoms with van der Waals surface area (Å²) in [6.07, 6.45) is 7.57. The SMILES string of the molecule is CCCC(CCCl)CNc1nccn(CCC)c1=O. The van der Waals surface area contributed by atoms with Gasteiger partial charge in [-0.25, -0.2) is 4.98 Å². The van der Waals surface area contributed by atoms with Gasteiger partial charge in [0.15, 0.2) is 5.82 Å². The van der Waals surface area contributed by atoms with Gasteiger partial charge in [0, 0.05) is 31.4 Å². The Labute approximate surface area is 120 Å². The van der Waals surface area contributed by atoms with Crippen molar-refractivity contribution in [2.24, 2.45) is 5.92 Å². The molecule has 1 atom stereocenters. The molecule has 5 heteroatoms. The third kappa shape index (κ3) is 5.23. The first-order chi connectivity index (χ1) is 9.22. The van der Waals surface area contributed by atoms with Crippen LogP contribution in [0, 0.1) is 5.92 Å². The Balaban J connectivity index is 2.65. The lowest BCUT2D eigenvalue weighted by Gasteiger charge is -2.16. The van der Waals surface area contributed by atoms with E-state index in [1.54, 1.807) is 17.0 Å². The topological polar surface area (TPSA) is 46.9 Å². The zero-order chi connectivity index (χ0) is 14.1. The van der Waals surface area contributed by atoms with Crippen molar-refractivity contribution in [3.63, 3.8) is 0 Å². The fourth-order valence-electron chi connectivity index (χ4n) is 2.14. The van der Waals surface area contributed by atoms with Crippen molar-refractivity contribution in [3.8, 4) is 0 Å². The second-order valence-corrected chi connectivity index (χ2v) is 5.17. The maximum atomic E-state index is 12.1. The molecule has 1 rings (SSSR count). The summed E-state index contributed by atoms with van der Waals surface area (Å²) in [6.45, 7) is 5.71. The van der Waals surface area contributed by atoms with Gasteiger partial charge in [-0.1, -0.05) is 20.3 Å². The summed E-state index contributed by atoms with van der Waals surface area (Å²) in [5, 5.41) is 3.18. The standard InChI is InChI=1S/C14H24ClN3O/c1-3-5-12(6-7-15)11-17-13-14(19)18(9-4-2)10-8-16-13/h8,10,12H,3-7,9,11H2,1-2H3,(H,16,17). The van der Waals surface area contributed by atoms with Crippen LogP contribution in [0.15, 0.2) is 17.2 Å². The maximum absolute atomic E-state index is 12.1. The van der Waals surface area contributed by atoms with Crippen LogP contribution in [0.1, 0.15) is 39.5 Å². The van der Waals surface area contributed by atoms with Gasteiger partial charge in [-0.3, -0.25) is 4.79 Å². The molecule has 0 aliphatic rings. The quantitative estimate of drug-likeness (QED) is 0.709. The van der Waals surface area contributed by atoms with Crippen LogP contribution in [0.25, 0.3) is 0 Å². The Bertz CT molecular complexity index is 413. The van der Waals surface area contributed by atoms with Gasteiger partial charge in [-0.05, 0) is 25.2 Å². The van der Waals surface area contributed by atoms with E-state index in [1.807, 2.05) is 0 Å². The zero-order valence-electron chi connectivity index (χ0n) is 11.9. The van der Waals surface area contributed by atoms with Crippen molar-refractivity contribution in [2.75, 3.05) is 17.7 Å². The summed E-state index contributed by atoms with van der Waals surface area (Å²) in [7, 11) is 0. The molecule has 4 nitrogen and oxygen atoms in total. The highest BCUT2D eigenvalue weighted by atomic mass is 35.5. The Hall–Kier alpha value is -1.03. The van der Waals surface area contributed by atoms with Crippen molar-refractivity contribution in [1.82, 2.24) is 9.55 Å². The normalized spacial score (nSPS) is 12.4. The average Bonchev–Trinajstić information content (AvgIpc) is 2.40. The Morgan fingerprint density at radius 1 is 1.37 bits per heavy atom. The summed E-state index contributed by atoms with van der Waals surface area (Å²) in [6, 6.07) is 0. The summed E-state index contributed by atoms with van der Waals surface area (Å²) in [5.41, 5.74) is -0.0366. The molecule has 1 aromatic rings. The third-order valence-electron chi connectivity index (χ3n) is 3.15. The van der Waals surface area contributed by atoms with E-state index >= 15 is 0 Å². The molecular formula is C14H24ClN3O. The smallest absolute Gasteiger partial charge is 0.293 e. The van der Waals surface area contributed by atoms with E-state index in [1.165, 1.54) is 0 Å². The number of nitrogens with one attached hydrogen (secondary N) is 1. The number of hydrogen-bond acceptors (Lipinski definition) is 3. The van der Waals surface area contributed by atoms with Gasteiger partial charge in [0.05, 0.1) is 0 Å². The number of anilines is 1. The van der Waals surface area contributed by atoms with E-state index in [2.05, 4.69) is 24.1 Å². The highest BCUT2D eigenvalue weighted by Gasteiger charge is 2.09. The van der Waals surface area contributed by atoms with E-state index < -0.39 is 0 Å². The van der Waals surface area contributed by atoms with Gasteiger partial charge in [-0.15, -0.1) is 11.6 Å². The van der Waals surface area contributed by atoms with Gasteiger partial charge in [0.25, 0.3) is 5.56 Å². The highest BCUT2D eigenvalue weighted by Crippen LogP contribution is 2.12. The van der Waals surface area contributed by atoms with Crippen LogP contribution in [-0.2, 0) is 6.54 Å². The van der Waals surface area contributed by atoms with Crippen LogP contribution in [0.2, 0.25) is 0 Å². The van der Waals surface area contributed by atoms with Crippen LogP contribution < -0.4 is 10.9 Å². The fraction of sp³-hybridized carbons (Fsp3) is 0.714. The molecule has 1 heterocycles. The molecule has 19 heavy (non-hydrogen) atoms. The molecule has 0 saturated heterocycles. The van der Waals surface area contributed by atoms with E-state index in [0.717, 1.165) is 38.8 Å². The zero-order valence-corrected chi connectivity index (χ0v) is 12.6. The number of aryl methyl sites for hydroxylation is 1. The molecule has 1 aromatic heterocycles. The average molecular weight is 286 g/mol. The molecule has 0 aliphatic carbocycles. The molecule has 0 amide bonds. The number of nitrogens with zero attached hydrogens (tertiary/aromatic N) is 2. The van der Waals surface area contributed by atoms with Crippen LogP contribution in [0.4, 0.5) is 5.82 Å². The van der Waals surface area contributed by atoms with Gasteiger partial charge in [-0.2, -0.15) is 0 Å². The summed E-state index contributed by atoms with van der Waals surface area (Å²) in [5.74, 6) is 1.62. The predicted molar refractivity (Wildman–Crippen MR) is 81.0 cm³/mol. The molecule has 0 aliphatic heterocycles. The molecule has 1 unspecified atom stereocenters. The number of rotatable bonds is 9. The van der Waals surface area contributed by atoms with Crippen LogP contribution in [0.5, 0.6) is 0 Å². The van der Waals surface area contributed by atoms with Crippen molar-refractivity contribution in [1.29, 1.82) is 0 Å². The minimum Gasteiger partial charge on any atom is -0.365 e. The van der Waals surface area contributed by atoms with Crippen LogP contribution in [0.3, 0.4) is 0 Å². The first kappa shape index (κ1) is 16.0. The molecule has 108 valence electrons. The Kier molecular flexibility index (Phi) is 7.56.